The quantitative estimate of drug-likeness (QED) is 0.434. The van der Waals surface area contributed by atoms with Crippen LogP contribution in [-0.4, -0.2) is 95.2 Å². The second kappa shape index (κ2) is 14.4. The van der Waals surface area contributed by atoms with Crippen molar-refractivity contribution < 1.29 is 19.2 Å². The van der Waals surface area contributed by atoms with E-state index in [2.05, 4.69) is 15.5 Å². The molecule has 0 spiro atoms. The third-order valence-electron chi connectivity index (χ3n) is 9.87. The van der Waals surface area contributed by atoms with Crippen LogP contribution in [0.4, 0.5) is 15.3 Å². The number of nitrogens with zero attached hydrogens (tertiary/aromatic N) is 4. The van der Waals surface area contributed by atoms with Crippen molar-refractivity contribution in [3.8, 4) is 0 Å². The molecule has 4 aliphatic heterocycles. The number of likely N-dealkylation sites (tertiary alicyclic amines) is 2. The van der Waals surface area contributed by atoms with Crippen LogP contribution >= 0.6 is 11.6 Å². The fourth-order valence-electron chi connectivity index (χ4n) is 7.27. The number of rotatable bonds is 7. The minimum Gasteiger partial charge on any atom is -0.351 e. The number of carbonyl (C=O) groups is 3. The van der Waals surface area contributed by atoms with Gasteiger partial charge in [-0.2, -0.15) is 0 Å². The Balaban J connectivity index is 1.04. The predicted molar refractivity (Wildman–Crippen MR) is 174 cm³/mol. The van der Waals surface area contributed by atoms with E-state index >= 15 is 0 Å². The number of para-hydroxylation sites is 1. The van der Waals surface area contributed by atoms with Gasteiger partial charge in [0.2, 0.25) is 5.91 Å². The number of hydroxylamine groups is 2. The summed E-state index contributed by atoms with van der Waals surface area (Å²) in [6, 6.07) is 13.3. The molecule has 0 saturated carbocycles. The second-order valence-corrected chi connectivity index (χ2v) is 13.3. The lowest BCUT2D eigenvalue weighted by molar-refractivity contribution is -0.137. The van der Waals surface area contributed by atoms with Crippen LogP contribution in [0.25, 0.3) is 0 Å². The molecule has 4 heterocycles. The normalized spacial score (nSPS) is 21.2. The smallest absolute Gasteiger partial charge is 0.351 e. The van der Waals surface area contributed by atoms with E-state index in [4.69, 9.17) is 16.4 Å². The zero-order valence-electron chi connectivity index (χ0n) is 26.2. The van der Waals surface area contributed by atoms with Crippen molar-refractivity contribution in [1.82, 2.24) is 25.1 Å². The summed E-state index contributed by atoms with van der Waals surface area (Å²) in [4.78, 5) is 51.9. The highest BCUT2D eigenvalue weighted by molar-refractivity contribution is 6.31. The van der Waals surface area contributed by atoms with Crippen molar-refractivity contribution >= 4 is 35.3 Å². The van der Waals surface area contributed by atoms with Crippen LogP contribution in [0.5, 0.6) is 0 Å². The Morgan fingerprint density at radius 1 is 0.956 bits per heavy atom. The highest BCUT2D eigenvalue weighted by Gasteiger charge is 2.35. The van der Waals surface area contributed by atoms with Gasteiger partial charge in [0.1, 0.15) is 6.04 Å². The molecule has 4 amide bonds. The van der Waals surface area contributed by atoms with E-state index in [9.17, 15) is 14.4 Å². The predicted octanol–water partition coefficient (Wildman–Crippen LogP) is 5.19. The van der Waals surface area contributed by atoms with Crippen LogP contribution in [0.15, 0.2) is 42.5 Å². The number of hydrogen-bond acceptors (Lipinski definition) is 6. The average Bonchev–Trinajstić information content (AvgIpc) is 3.06. The highest BCUT2D eigenvalue weighted by Crippen LogP contribution is 2.28. The van der Waals surface area contributed by atoms with Crippen molar-refractivity contribution in [1.29, 1.82) is 0 Å². The number of fused-ring (bicyclic) bond motifs is 1. The van der Waals surface area contributed by atoms with Crippen molar-refractivity contribution in [3.05, 3.63) is 64.2 Å². The molecule has 1 atom stereocenters. The number of amides is 4. The zero-order chi connectivity index (χ0) is 31.3. The molecule has 3 fully saturated rings. The Morgan fingerprint density at radius 3 is 2.40 bits per heavy atom. The summed E-state index contributed by atoms with van der Waals surface area (Å²) in [5, 5.41) is 8.20. The first-order valence-corrected chi connectivity index (χ1v) is 16.9. The number of piperidine rings is 3. The Hall–Kier alpha value is -3.34. The van der Waals surface area contributed by atoms with E-state index in [1.54, 1.807) is 5.06 Å². The summed E-state index contributed by atoms with van der Waals surface area (Å²) in [5.74, 6) is -0.0771. The maximum absolute atomic E-state index is 13.9. The van der Waals surface area contributed by atoms with E-state index in [0.29, 0.717) is 63.1 Å². The fraction of sp³-hybridized carbons (Fsp3) is 0.559. The van der Waals surface area contributed by atoms with Gasteiger partial charge in [-0.1, -0.05) is 48.4 Å². The number of urea groups is 1. The molecular formula is C34H45ClN6O4. The second-order valence-electron chi connectivity index (χ2n) is 12.9. The van der Waals surface area contributed by atoms with Crippen LogP contribution in [0, 0.1) is 6.92 Å². The third kappa shape index (κ3) is 7.73. The average molecular weight is 637 g/mol. The topological polar surface area (TPSA) is 97.5 Å². The van der Waals surface area contributed by atoms with Crippen molar-refractivity contribution in [2.45, 2.75) is 83.0 Å². The third-order valence-corrected chi connectivity index (χ3v) is 10.3. The van der Waals surface area contributed by atoms with Gasteiger partial charge in [0, 0.05) is 61.9 Å². The Bertz CT molecular complexity index is 1370. The Morgan fingerprint density at radius 2 is 1.67 bits per heavy atom. The number of halogens is 1. The number of nitrogens with one attached hydrogen (secondary N) is 2. The zero-order valence-corrected chi connectivity index (χ0v) is 26.9. The van der Waals surface area contributed by atoms with Gasteiger partial charge in [-0.05, 0) is 87.4 Å². The van der Waals surface area contributed by atoms with Gasteiger partial charge in [-0.25, -0.2) is 9.59 Å². The summed E-state index contributed by atoms with van der Waals surface area (Å²) < 4.78 is 0. The standard InChI is InChI=1S/C34H45ClN6O4/c1-24-21-25(9-10-29(24)35)22-31(32(42)39-17-11-27(12-18-39)38-15-5-2-6-16-38)37-34(44)45-40-19-13-28(14-20-40)41-23-26-7-3-4-8-30(26)36-33(41)43/h3-4,7-10,21,27-28,31H,2,5-6,11-20,22-23H2,1H3,(H,36,43)(H,37,44). The van der Waals surface area contributed by atoms with Gasteiger partial charge in [0.05, 0.1) is 0 Å². The van der Waals surface area contributed by atoms with Crippen LogP contribution in [0.1, 0.15) is 61.6 Å². The minimum absolute atomic E-state index is 0.0524. The molecule has 0 aliphatic carbocycles. The maximum atomic E-state index is 13.9. The monoisotopic (exact) mass is 636 g/mol. The SMILES string of the molecule is Cc1cc(CC(NC(=O)ON2CCC(N3Cc4ccccc4NC3=O)CC2)C(=O)N2CCC(N3CCCCC3)CC2)ccc1Cl. The van der Waals surface area contributed by atoms with E-state index in [-0.39, 0.29) is 18.0 Å². The van der Waals surface area contributed by atoms with Crippen molar-refractivity contribution in [3.63, 3.8) is 0 Å². The molecule has 0 aromatic heterocycles. The van der Waals surface area contributed by atoms with Crippen LogP contribution in [-0.2, 0) is 22.6 Å². The summed E-state index contributed by atoms with van der Waals surface area (Å²) >= 11 is 6.26. The lowest BCUT2D eigenvalue weighted by atomic mass is 9.98. The molecular weight excluding hydrogens is 592 g/mol. The molecule has 4 aliphatic rings. The van der Waals surface area contributed by atoms with Gasteiger partial charge in [-0.15, -0.1) is 5.06 Å². The number of benzene rings is 2. The van der Waals surface area contributed by atoms with E-state index in [0.717, 1.165) is 48.3 Å². The molecule has 2 aromatic rings. The lowest BCUT2D eigenvalue weighted by Crippen LogP contribution is -2.55. The van der Waals surface area contributed by atoms with E-state index < -0.39 is 12.1 Å². The Kier molecular flexibility index (Phi) is 10.1. The maximum Gasteiger partial charge on any atom is 0.426 e. The van der Waals surface area contributed by atoms with Crippen LogP contribution < -0.4 is 10.6 Å². The van der Waals surface area contributed by atoms with Crippen LogP contribution in [0.2, 0.25) is 5.02 Å². The summed E-state index contributed by atoms with van der Waals surface area (Å²) in [7, 11) is 0. The molecule has 45 heavy (non-hydrogen) atoms. The first kappa shape index (κ1) is 31.6. The van der Waals surface area contributed by atoms with E-state index in [1.807, 2.05) is 59.2 Å². The molecule has 1 unspecified atom stereocenters. The number of carbonyl (C=O) groups excluding carboxylic acids is 3. The minimum atomic E-state index is -0.751. The summed E-state index contributed by atoms with van der Waals surface area (Å²) in [6.45, 7) is 7.19. The fourth-order valence-corrected chi connectivity index (χ4v) is 7.39. The molecule has 0 radical (unpaired) electrons. The van der Waals surface area contributed by atoms with Crippen LogP contribution in [0.3, 0.4) is 0 Å². The number of hydrogen-bond donors (Lipinski definition) is 2. The van der Waals surface area contributed by atoms with Gasteiger partial charge in [0.15, 0.2) is 0 Å². The van der Waals surface area contributed by atoms with Gasteiger partial charge < -0.3 is 30.2 Å². The molecule has 6 rings (SSSR count). The lowest BCUT2D eigenvalue weighted by Gasteiger charge is -2.41. The van der Waals surface area contributed by atoms with Gasteiger partial charge >= 0.3 is 12.1 Å². The van der Waals surface area contributed by atoms with E-state index in [1.165, 1.54) is 19.3 Å². The van der Waals surface area contributed by atoms with Crippen molar-refractivity contribution in [2.24, 2.45) is 0 Å². The molecule has 11 heteroatoms. The largest absolute Gasteiger partial charge is 0.426 e. The molecule has 10 nitrogen and oxygen atoms in total. The molecule has 0 bridgehead atoms. The number of anilines is 1. The van der Waals surface area contributed by atoms with Crippen molar-refractivity contribution in [2.75, 3.05) is 44.6 Å². The summed E-state index contributed by atoms with van der Waals surface area (Å²) in [5.41, 5.74) is 3.82. The molecule has 3 saturated heterocycles. The molecule has 2 aromatic carbocycles. The Labute approximate surface area is 270 Å². The first-order chi connectivity index (χ1) is 21.8. The molecule has 242 valence electrons. The molecule has 2 N–H and O–H groups in total. The van der Waals surface area contributed by atoms with Gasteiger partial charge in [-0.3, -0.25) is 4.79 Å². The number of aryl methyl sites for hydroxylation is 1. The first-order valence-electron chi connectivity index (χ1n) is 16.5. The summed E-state index contributed by atoms with van der Waals surface area (Å²) in [6.07, 6.45) is 6.82. The van der Waals surface area contributed by atoms with Gasteiger partial charge in [0.25, 0.3) is 0 Å². The highest BCUT2D eigenvalue weighted by atomic mass is 35.5.